The molecule has 1 heterocycles. The van der Waals surface area contributed by atoms with Gasteiger partial charge in [0.2, 0.25) is 0 Å². The number of carbonyl (C=O) groups is 1. The van der Waals surface area contributed by atoms with Gasteiger partial charge in [0.25, 0.3) is 0 Å². The molecule has 0 saturated carbocycles. The van der Waals surface area contributed by atoms with Gasteiger partial charge in [0, 0.05) is 13.1 Å². The minimum absolute atomic E-state index is 0.296. The van der Waals surface area contributed by atoms with E-state index in [0.717, 1.165) is 11.3 Å². The molecule has 1 aliphatic heterocycles. The highest BCUT2D eigenvalue weighted by Crippen LogP contribution is 2.29. The average molecular weight is 265 g/mol. The zero-order valence-electron chi connectivity index (χ0n) is 11.3. The monoisotopic (exact) mass is 265 g/mol. The maximum absolute atomic E-state index is 11.3. The van der Waals surface area contributed by atoms with E-state index in [1.807, 2.05) is 36.2 Å². The topological polar surface area (TPSA) is 59.0 Å². The SMILES string of the molecule is COc1cccc(CN(C)CC2(C(=O)O)COC2)c1. The van der Waals surface area contributed by atoms with Crippen molar-refractivity contribution in [3.63, 3.8) is 0 Å². The van der Waals surface area contributed by atoms with Gasteiger partial charge in [-0.15, -0.1) is 0 Å². The second kappa shape index (κ2) is 5.59. The van der Waals surface area contributed by atoms with Crippen molar-refractivity contribution in [3.05, 3.63) is 29.8 Å². The molecule has 0 aromatic heterocycles. The van der Waals surface area contributed by atoms with Crippen LogP contribution in [-0.2, 0) is 16.1 Å². The molecule has 1 aromatic rings. The fourth-order valence-electron chi connectivity index (χ4n) is 2.29. The molecule has 0 amide bonds. The van der Waals surface area contributed by atoms with Crippen LogP contribution in [0.5, 0.6) is 5.75 Å². The van der Waals surface area contributed by atoms with Gasteiger partial charge in [-0.05, 0) is 24.7 Å². The fourth-order valence-corrected chi connectivity index (χ4v) is 2.29. The number of hydrogen-bond donors (Lipinski definition) is 1. The summed E-state index contributed by atoms with van der Waals surface area (Å²) in [5.74, 6) is 0.0297. The van der Waals surface area contributed by atoms with Gasteiger partial charge in [-0.1, -0.05) is 12.1 Å². The zero-order chi connectivity index (χ0) is 13.9. The summed E-state index contributed by atoms with van der Waals surface area (Å²) in [6.07, 6.45) is 0. The standard InChI is InChI=1S/C14H19NO4/c1-15(8-14(13(16)17)9-19-10-14)7-11-4-3-5-12(6-11)18-2/h3-6H,7-10H2,1-2H3,(H,16,17). The third-order valence-electron chi connectivity index (χ3n) is 3.37. The van der Waals surface area contributed by atoms with E-state index in [4.69, 9.17) is 9.47 Å². The lowest BCUT2D eigenvalue weighted by Crippen LogP contribution is -2.55. The van der Waals surface area contributed by atoms with Gasteiger partial charge in [-0.2, -0.15) is 0 Å². The number of carboxylic acids is 1. The number of methoxy groups -OCH3 is 1. The Kier molecular flexibility index (Phi) is 4.07. The first-order valence-electron chi connectivity index (χ1n) is 6.18. The molecule has 0 bridgehead atoms. The third kappa shape index (κ3) is 3.05. The molecule has 0 aliphatic carbocycles. The molecule has 2 rings (SSSR count). The second-order valence-electron chi connectivity index (χ2n) is 5.10. The second-order valence-corrected chi connectivity index (χ2v) is 5.10. The summed E-state index contributed by atoms with van der Waals surface area (Å²) < 4.78 is 10.2. The Morgan fingerprint density at radius 2 is 2.26 bits per heavy atom. The van der Waals surface area contributed by atoms with Gasteiger partial charge in [-0.3, -0.25) is 4.79 Å². The average Bonchev–Trinajstić information content (AvgIpc) is 2.33. The predicted octanol–water partition coefficient (Wildman–Crippen LogP) is 1.23. The van der Waals surface area contributed by atoms with Gasteiger partial charge < -0.3 is 19.5 Å². The molecular weight excluding hydrogens is 246 g/mol. The summed E-state index contributed by atoms with van der Waals surface area (Å²) in [6, 6.07) is 7.79. The number of ether oxygens (including phenoxy) is 2. The van der Waals surface area contributed by atoms with E-state index in [-0.39, 0.29) is 0 Å². The van der Waals surface area contributed by atoms with Gasteiger partial charge in [0.05, 0.1) is 20.3 Å². The van der Waals surface area contributed by atoms with E-state index in [1.54, 1.807) is 7.11 Å². The van der Waals surface area contributed by atoms with Crippen molar-refractivity contribution in [3.8, 4) is 5.75 Å². The molecule has 1 aromatic carbocycles. The van der Waals surface area contributed by atoms with Crippen molar-refractivity contribution in [1.82, 2.24) is 4.90 Å². The molecular formula is C14H19NO4. The summed E-state index contributed by atoms with van der Waals surface area (Å²) in [7, 11) is 3.55. The number of hydrogen-bond acceptors (Lipinski definition) is 4. The Hall–Kier alpha value is -1.59. The van der Waals surface area contributed by atoms with Crippen molar-refractivity contribution in [1.29, 1.82) is 0 Å². The van der Waals surface area contributed by atoms with Crippen molar-refractivity contribution in [2.75, 3.05) is 33.9 Å². The Balaban J connectivity index is 1.97. The van der Waals surface area contributed by atoms with Crippen LogP contribution in [0.3, 0.4) is 0 Å². The summed E-state index contributed by atoms with van der Waals surface area (Å²) >= 11 is 0. The molecule has 1 aliphatic rings. The number of benzene rings is 1. The number of aliphatic carboxylic acids is 1. The minimum atomic E-state index is -0.781. The van der Waals surface area contributed by atoms with Crippen molar-refractivity contribution >= 4 is 5.97 Å². The van der Waals surface area contributed by atoms with Gasteiger partial charge in [-0.25, -0.2) is 0 Å². The van der Waals surface area contributed by atoms with E-state index in [9.17, 15) is 9.90 Å². The van der Waals surface area contributed by atoms with Crippen LogP contribution in [0.2, 0.25) is 0 Å². The van der Waals surface area contributed by atoms with E-state index >= 15 is 0 Å². The van der Waals surface area contributed by atoms with Crippen LogP contribution < -0.4 is 4.74 Å². The highest BCUT2D eigenvalue weighted by molar-refractivity contribution is 5.76. The number of nitrogens with zero attached hydrogens (tertiary/aromatic N) is 1. The Bertz CT molecular complexity index is 457. The summed E-state index contributed by atoms with van der Waals surface area (Å²) in [6.45, 7) is 1.77. The molecule has 1 N–H and O–H groups in total. The molecule has 19 heavy (non-hydrogen) atoms. The number of carboxylic acid groups (broad SMARTS) is 1. The molecule has 104 valence electrons. The molecule has 1 saturated heterocycles. The lowest BCUT2D eigenvalue weighted by molar-refractivity contribution is -0.183. The van der Waals surface area contributed by atoms with E-state index in [0.29, 0.717) is 26.3 Å². The Morgan fingerprint density at radius 1 is 1.53 bits per heavy atom. The van der Waals surface area contributed by atoms with E-state index in [2.05, 4.69) is 0 Å². The van der Waals surface area contributed by atoms with Crippen molar-refractivity contribution < 1.29 is 19.4 Å². The smallest absolute Gasteiger partial charge is 0.315 e. The zero-order valence-corrected chi connectivity index (χ0v) is 11.3. The quantitative estimate of drug-likeness (QED) is 0.838. The molecule has 0 radical (unpaired) electrons. The molecule has 1 fully saturated rings. The summed E-state index contributed by atoms with van der Waals surface area (Å²) in [4.78, 5) is 13.3. The third-order valence-corrected chi connectivity index (χ3v) is 3.37. The molecule has 0 spiro atoms. The normalized spacial score (nSPS) is 17.0. The van der Waals surface area contributed by atoms with Crippen LogP contribution in [-0.4, -0.2) is 49.9 Å². The van der Waals surface area contributed by atoms with Crippen molar-refractivity contribution in [2.24, 2.45) is 5.41 Å². The largest absolute Gasteiger partial charge is 0.497 e. The maximum Gasteiger partial charge on any atom is 0.315 e. The lowest BCUT2D eigenvalue weighted by Gasteiger charge is -2.40. The van der Waals surface area contributed by atoms with Crippen molar-refractivity contribution in [2.45, 2.75) is 6.54 Å². The molecule has 0 atom stereocenters. The highest BCUT2D eigenvalue weighted by atomic mass is 16.5. The minimum Gasteiger partial charge on any atom is -0.497 e. The maximum atomic E-state index is 11.3. The molecule has 5 nitrogen and oxygen atoms in total. The summed E-state index contributed by atoms with van der Waals surface area (Å²) in [5, 5.41) is 9.25. The van der Waals surface area contributed by atoms with Crippen LogP contribution in [0.25, 0.3) is 0 Å². The van der Waals surface area contributed by atoms with Crippen LogP contribution >= 0.6 is 0 Å². The fraction of sp³-hybridized carbons (Fsp3) is 0.500. The van der Waals surface area contributed by atoms with Crippen LogP contribution in [0.4, 0.5) is 0 Å². The first-order chi connectivity index (χ1) is 9.05. The molecule has 0 unspecified atom stereocenters. The summed E-state index contributed by atoms with van der Waals surface area (Å²) in [5.41, 5.74) is 0.357. The predicted molar refractivity (Wildman–Crippen MR) is 70.2 cm³/mol. The molecule has 5 heteroatoms. The van der Waals surface area contributed by atoms with E-state index < -0.39 is 11.4 Å². The van der Waals surface area contributed by atoms with Gasteiger partial charge in [0.1, 0.15) is 11.2 Å². The van der Waals surface area contributed by atoms with Crippen LogP contribution in [0, 0.1) is 5.41 Å². The highest BCUT2D eigenvalue weighted by Gasteiger charge is 2.46. The first kappa shape index (κ1) is 13.8. The van der Waals surface area contributed by atoms with E-state index in [1.165, 1.54) is 0 Å². The van der Waals surface area contributed by atoms with Gasteiger partial charge >= 0.3 is 5.97 Å². The Labute approximate surface area is 112 Å². The van der Waals surface area contributed by atoms with Crippen LogP contribution in [0.15, 0.2) is 24.3 Å². The number of rotatable bonds is 6. The Morgan fingerprint density at radius 3 is 2.79 bits per heavy atom. The first-order valence-corrected chi connectivity index (χ1v) is 6.18. The van der Waals surface area contributed by atoms with Gasteiger partial charge in [0.15, 0.2) is 0 Å². The van der Waals surface area contributed by atoms with Crippen LogP contribution in [0.1, 0.15) is 5.56 Å². The lowest BCUT2D eigenvalue weighted by atomic mass is 9.85.